The average Bonchev–Trinajstić information content (AvgIpc) is 3.44. The number of nitrogens with one attached hydrogen (secondary N) is 1. The zero-order chi connectivity index (χ0) is 23.5. The van der Waals surface area contributed by atoms with Crippen molar-refractivity contribution in [3.8, 4) is 11.5 Å². The number of anilines is 1. The Balaban J connectivity index is 1.40. The standard InChI is InChI=1S/C27H30N4O2S/c1-31(16-19-8-5-10-21(14-19)33-3)17-24-29-26(28-15-18-7-4-9-20(13-18)32-2)25-22-11-6-12-23(22)34-27(25)30-24/h4-5,7-10,13-14H,6,11-12,15-17H2,1-3H3,(H,28,29,30). The van der Waals surface area contributed by atoms with Crippen LogP contribution in [0.1, 0.15) is 33.8 Å². The highest BCUT2D eigenvalue weighted by Gasteiger charge is 2.22. The lowest BCUT2D eigenvalue weighted by Crippen LogP contribution is -2.19. The van der Waals surface area contributed by atoms with Gasteiger partial charge in [-0.2, -0.15) is 0 Å². The van der Waals surface area contributed by atoms with Gasteiger partial charge in [-0.3, -0.25) is 4.90 Å². The second-order valence-corrected chi connectivity index (χ2v) is 9.84. The maximum absolute atomic E-state index is 5.39. The van der Waals surface area contributed by atoms with Crippen molar-refractivity contribution in [2.75, 3.05) is 26.6 Å². The molecule has 1 aliphatic carbocycles. The smallest absolute Gasteiger partial charge is 0.146 e. The Morgan fingerprint density at radius 1 is 0.941 bits per heavy atom. The van der Waals surface area contributed by atoms with Crippen LogP contribution in [0.25, 0.3) is 10.2 Å². The molecule has 176 valence electrons. The van der Waals surface area contributed by atoms with Crippen LogP contribution in [0.5, 0.6) is 11.5 Å². The van der Waals surface area contributed by atoms with Gasteiger partial charge in [0.1, 0.15) is 28.0 Å². The summed E-state index contributed by atoms with van der Waals surface area (Å²) in [4.78, 5) is 14.8. The second-order valence-electron chi connectivity index (χ2n) is 8.75. The van der Waals surface area contributed by atoms with Crippen LogP contribution < -0.4 is 14.8 Å². The molecule has 0 saturated heterocycles. The highest BCUT2D eigenvalue weighted by Crippen LogP contribution is 2.39. The third-order valence-corrected chi connectivity index (χ3v) is 7.39. The van der Waals surface area contributed by atoms with Crippen molar-refractivity contribution in [1.29, 1.82) is 0 Å². The monoisotopic (exact) mass is 474 g/mol. The van der Waals surface area contributed by atoms with Crippen LogP contribution in [0.3, 0.4) is 0 Å². The summed E-state index contributed by atoms with van der Waals surface area (Å²) in [6.07, 6.45) is 3.48. The maximum atomic E-state index is 5.39. The molecule has 7 heteroatoms. The van der Waals surface area contributed by atoms with E-state index in [1.165, 1.54) is 27.8 Å². The van der Waals surface area contributed by atoms with Crippen LogP contribution in [0.4, 0.5) is 5.82 Å². The van der Waals surface area contributed by atoms with E-state index in [0.29, 0.717) is 13.1 Å². The third kappa shape index (κ3) is 4.86. The van der Waals surface area contributed by atoms with Gasteiger partial charge in [-0.15, -0.1) is 11.3 Å². The molecule has 0 radical (unpaired) electrons. The number of benzene rings is 2. The molecule has 0 fully saturated rings. The number of fused-ring (bicyclic) bond motifs is 3. The van der Waals surface area contributed by atoms with Crippen molar-refractivity contribution in [2.45, 2.75) is 38.9 Å². The minimum Gasteiger partial charge on any atom is -0.497 e. The van der Waals surface area contributed by atoms with Gasteiger partial charge in [-0.1, -0.05) is 24.3 Å². The molecule has 4 aromatic rings. The Labute approximate surface area is 204 Å². The molecule has 0 amide bonds. The Hall–Kier alpha value is -3.16. The molecule has 1 aliphatic rings. The van der Waals surface area contributed by atoms with Crippen molar-refractivity contribution in [3.05, 3.63) is 75.9 Å². The molecule has 0 unspecified atom stereocenters. The van der Waals surface area contributed by atoms with Crippen LogP contribution in [0.15, 0.2) is 48.5 Å². The van der Waals surface area contributed by atoms with E-state index in [-0.39, 0.29) is 0 Å². The number of rotatable bonds is 9. The average molecular weight is 475 g/mol. The quantitative estimate of drug-likeness (QED) is 0.349. The van der Waals surface area contributed by atoms with Gasteiger partial charge in [0.15, 0.2) is 0 Å². The minimum absolute atomic E-state index is 0.670. The molecule has 34 heavy (non-hydrogen) atoms. The van der Waals surface area contributed by atoms with E-state index in [1.54, 1.807) is 14.2 Å². The summed E-state index contributed by atoms with van der Waals surface area (Å²) >= 11 is 1.83. The number of nitrogens with zero attached hydrogens (tertiary/aromatic N) is 3. The lowest BCUT2D eigenvalue weighted by molar-refractivity contribution is 0.310. The van der Waals surface area contributed by atoms with Crippen molar-refractivity contribution >= 4 is 27.4 Å². The highest BCUT2D eigenvalue weighted by molar-refractivity contribution is 7.19. The van der Waals surface area contributed by atoms with Crippen molar-refractivity contribution in [2.24, 2.45) is 0 Å². The summed E-state index contributed by atoms with van der Waals surface area (Å²) in [5.74, 6) is 3.52. The first kappa shape index (κ1) is 22.6. The van der Waals surface area contributed by atoms with E-state index in [2.05, 4.69) is 41.5 Å². The molecule has 0 bridgehead atoms. The SMILES string of the molecule is COc1cccc(CNc2nc(CN(C)Cc3cccc(OC)c3)nc3sc4c(c23)CCC4)c1. The van der Waals surface area contributed by atoms with Gasteiger partial charge >= 0.3 is 0 Å². The van der Waals surface area contributed by atoms with Crippen molar-refractivity contribution in [3.63, 3.8) is 0 Å². The van der Waals surface area contributed by atoms with Crippen LogP contribution in [-0.2, 0) is 32.5 Å². The Morgan fingerprint density at radius 3 is 2.44 bits per heavy atom. The van der Waals surface area contributed by atoms with Crippen LogP contribution in [-0.4, -0.2) is 36.1 Å². The van der Waals surface area contributed by atoms with E-state index < -0.39 is 0 Å². The molecular weight excluding hydrogens is 444 g/mol. The van der Waals surface area contributed by atoms with Crippen molar-refractivity contribution < 1.29 is 9.47 Å². The summed E-state index contributed by atoms with van der Waals surface area (Å²) in [6.45, 7) is 2.16. The Bertz CT molecular complexity index is 1300. The number of ether oxygens (including phenoxy) is 2. The van der Waals surface area contributed by atoms with Gasteiger partial charge in [0, 0.05) is 18.0 Å². The fraction of sp³-hybridized carbons (Fsp3) is 0.333. The van der Waals surface area contributed by atoms with E-state index in [1.807, 2.05) is 35.6 Å². The normalized spacial score (nSPS) is 12.8. The molecule has 2 aromatic carbocycles. The predicted octanol–water partition coefficient (Wildman–Crippen LogP) is 5.44. The fourth-order valence-electron chi connectivity index (χ4n) is 4.59. The lowest BCUT2D eigenvalue weighted by Gasteiger charge is -2.17. The zero-order valence-corrected chi connectivity index (χ0v) is 20.7. The summed E-state index contributed by atoms with van der Waals surface area (Å²) in [7, 11) is 5.50. The zero-order valence-electron chi connectivity index (χ0n) is 19.9. The molecule has 0 spiro atoms. The van der Waals surface area contributed by atoms with Gasteiger partial charge < -0.3 is 14.8 Å². The molecule has 0 atom stereocenters. The second kappa shape index (κ2) is 9.99. The largest absolute Gasteiger partial charge is 0.497 e. The van der Waals surface area contributed by atoms with E-state index in [4.69, 9.17) is 19.4 Å². The Morgan fingerprint density at radius 2 is 1.68 bits per heavy atom. The number of aromatic nitrogens is 2. The lowest BCUT2D eigenvalue weighted by atomic mass is 10.1. The number of thiophene rings is 1. The number of hydrogen-bond donors (Lipinski definition) is 1. The number of methoxy groups -OCH3 is 2. The van der Waals surface area contributed by atoms with E-state index in [0.717, 1.165) is 52.9 Å². The van der Waals surface area contributed by atoms with Crippen molar-refractivity contribution in [1.82, 2.24) is 14.9 Å². The summed E-state index contributed by atoms with van der Waals surface area (Å²) in [5.41, 5.74) is 3.80. The molecule has 5 rings (SSSR count). The number of hydrogen-bond acceptors (Lipinski definition) is 7. The van der Waals surface area contributed by atoms with Crippen LogP contribution in [0, 0.1) is 0 Å². The topological polar surface area (TPSA) is 59.5 Å². The van der Waals surface area contributed by atoms with Crippen LogP contribution in [0.2, 0.25) is 0 Å². The summed E-state index contributed by atoms with van der Waals surface area (Å²) < 4.78 is 10.8. The molecule has 1 N–H and O–H groups in total. The summed E-state index contributed by atoms with van der Waals surface area (Å²) in [5, 5.41) is 4.82. The van der Waals surface area contributed by atoms with E-state index >= 15 is 0 Å². The molecule has 2 aromatic heterocycles. The maximum Gasteiger partial charge on any atom is 0.146 e. The Kier molecular flexibility index (Phi) is 6.65. The molecule has 6 nitrogen and oxygen atoms in total. The first-order chi connectivity index (χ1) is 16.6. The third-order valence-electron chi connectivity index (χ3n) is 6.20. The van der Waals surface area contributed by atoms with Gasteiger partial charge in [-0.05, 0) is 67.3 Å². The summed E-state index contributed by atoms with van der Waals surface area (Å²) in [6, 6.07) is 16.3. The molecular formula is C27H30N4O2S. The fourth-order valence-corrected chi connectivity index (χ4v) is 5.87. The highest BCUT2D eigenvalue weighted by atomic mass is 32.1. The van der Waals surface area contributed by atoms with Crippen LogP contribution >= 0.6 is 11.3 Å². The molecule has 0 saturated carbocycles. The first-order valence-corrected chi connectivity index (χ1v) is 12.4. The minimum atomic E-state index is 0.670. The van der Waals surface area contributed by atoms with E-state index in [9.17, 15) is 0 Å². The molecule has 0 aliphatic heterocycles. The van der Waals surface area contributed by atoms with Gasteiger partial charge in [0.05, 0.1) is 26.2 Å². The van der Waals surface area contributed by atoms with Gasteiger partial charge in [0.25, 0.3) is 0 Å². The molecule has 2 heterocycles. The van der Waals surface area contributed by atoms with Gasteiger partial charge in [-0.25, -0.2) is 9.97 Å². The number of aryl methyl sites for hydroxylation is 2. The predicted molar refractivity (Wildman–Crippen MR) is 138 cm³/mol. The van der Waals surface area contributed by atoms with Gasteiger partial charge in [0.2, 0.25) is 0 Å². The first-order valence-electron chi connectivity index (χ1n) is 11.6.